The number of ketones is 1. The first kappa shape index (κ1) is 23.3. The van der Waals surface area contributed by atoms with Crippen LogP contribution in [0.3, 0.4) is 0 Å². The van der Waals surface area contributed by atoms with Crippen molar-refractivity contribution in [3.63, 3.8) is 0 Å². The van der Waals surface area contributed by atoms with E-state index in [1.165, 1.54) is 14.2 Å². The summed E-state index contributed by atoms with van der Waals surface area (Å²) in [5.74, 6) is 0.273. The normalized spacial score (nSPS) is 12.6. The van der Waals surface area contributed by atoms with Gasteiger partial charge in [-0.1, -0.05) is 30.3 Å². The molecule has 0 N–H and O–H groups in total. The van der Waals surface area contributed by atoms with E-state index in [9.17, 15) is 9.59 Å². The maximum absolute atomic E-state index is 13.4. The molecule has 0 atom stereocenters. The highest BCUT2D eigenvalue weighted by molar-refractivity contribution is 5.98. The van der Waals surface area contributed by atoms with Gasteiger partial charge in [-0.2, -0.15) is 0 Å². The van der Waals surface area contributed by atoms with Crippen molar-refractivity contribution in [3.8, 4) is 29.5 Å². The molecule has 5 rings (SSSR count). The van der Waals surface area contributed by atoms with Crippen molar-refractivity contribution < 1.29 is 19.0 Å². The number of aromatic nitrogens is 5. The molecule has 1 aliphatic heterocycles. The first-order chi connectivity index (χ1) is 17.6. The number of para-hydroxylation sites is 1. The Morgan fingerprint density at radius 2 is 1.56 bits per heavy atom. The van der Waals surface area contributed by atoms with E-state index in [4.69, 9.17) is 14.2 Å². The third kappa shape index (κ3) is 4.57. The summed E-state index contributed by atoms with van der Waals surface area (Å²) in [7, 11) is 2.86. The molecule has 1 aliphatic rings. The fraction of sp³-hybridized carbons (Fsp3) is 0.269. The minimum Gasteiger partial charge on any atom is -0.467 e. The van der Waals surface area contributed by atoms with Gasteiger partial charge in [-0.05, 0) is 49.1 Å². The van der Waals surface area contributed by atoms with Crippen molar-refractivity contribution in [1.82, 2.24) is 24.3 Å². The van der Waals surface area contributed by atoms with Crippen molar-refractivity contribution in [2.24, 2.45) is 0 Å². The van der Waals surface area contributed by atoms with Crippen LogP contribution in [0, 0.1) is 0 Å². The number of carbonyl (C=O) groups is 1. The van der Waals surface area contributed by atoms with Gasteiger partial charge in [0.05, 0.1) is 25.6 Å². The highest BCUT2D eigenvalue weighted by atomic mass is 16.5. The lowest BCUT2D eigenvalue weighted by atomic mass is 9.99. The van der Waals surface area contributed by atoms with Crippen molar-refractivity contribution in [2.45, 2.75) is 32.2 Å². The molecule has 2 aromatic heterocycles. The SMILES string of the molecule is COc1nc(OC)nc(Oc2ccc(CC(=O)c3c4n(n(-c5ccccc5)c3=O)CCCC4)cc2)n1. The summed E-state index contributed by atoms with van der Waals surface area (Å²) in [6, 6.07) is 16.6. The lowest BCUT2D eigenvalue weighted by Crippen LogP contribution is -2.24. The number of hydrogen-bond donors (Lipinski definition) is 0. The molecule has 0 bridgehead atoms. The molecule has 0 fully saturated rings. The van der Waals surface area contributed by atoms with Crippen LogP contribution >= 0.6 is 0 Å². The van der Waals surface area contributed by atoms with E-state index >= 15 is 0 Å². The molecule has 36 heavy (non-hydrogen) atoms. The van der Waals surface area contributed by atoms with Crippen molar-refractivity contribution in [3.05, 3.63) is 81.8 Å². The lowest BCUT2D eigenvalue weighted by Gasteiger charge is -2.19. The monoisotopic (exact) mass is 487 g/mol. The zero-order valence-corrected chi connectivity index (χ0v) is 20.0. The average Bonchev–Trinajstić information content (AvgIpc) is 3.21. The summed E-state index contributed by atoms with van der Waals surface area (Å²) < 4.78 is 19.3. The first-order valence-electron chi connectivity index (χ1n) is 11.6. The molecule has 0 spiro atoms. The molecule has 0 radical (unpaired) electrons. The number of nitrogens with zero attached hydrogens (tertiary/aromatic N) is 5. The number of benzene rings is 2. The van der Waals surface area contributed by atoms with E-state index in [1.54, 1.807) is 28.9 Å². The number of ether oxygens (including phenoxy) is 3. The zero-order chi connectivity index (χ0) is 25.1. The number of hydrogen-bond acceptors (Lipinski definition) is 8. The van der Waals surface area contributed by atoms with Crippen molar-refractivity contribution in [2.75, 3.05) is 14.2 Å². The largest absolute Gasteiger partial charge is 0.467 e. The van der Waals surface area contributed by atoms with Gasteiger partial charge in [0, 0.05) is 13.0 Å². The van der Waals surface area contributed by atoms with E-state index in [2.05, 4.69) is 15.0 Å². The maximum Gasteiger partial charge on any atom is 0.331 e. The molecular formula is C26H25N5O5. The lowest BCUT2D eigenvalue weighted by molar-refractivity contribution is 0.0990. The average molecular weight is 488 g/mol. The van der Waals surface area contributed by atoms with Crippen LogP contribution in [0.4, 0.5) is 0 Å². The van der Waals surface area contributed by atoms with Gasteiger partial charge < -0.3 is 14.2 Å². The van der Waals surface area contributed by atoms with Gasteiger partial charge in [0.2, 0.25) is 0 Å². The third-order valence-corrected chi connectivity index (χ3v) is 6.00. The Bertz CT molecular complexity index is 1420. The molecular weight excluding hydrogens is 462 g/mol. The Labute approximate surface area is 207 Å². The van der Waals surface area contributed by atoms with Crippen LogP contribution in [0.15, 0.2) is 59.4 Å². The minimum absolute atomic E-state index is 0.0180. The number of fused-ring (bicyclic) bond motifs is 1. The predicted octanol–water partition coefficient (Wildman–Crippen LogP) is 3.40. The van der Waals surface area contributed by atoms with Gasteiger partial charge in [0.25, 0.3) is 5.56 Å². The minimum atomic E-state index is -0.263. The molecule has 10 nitrogen and oxygen atoms in total. The summed E-state index contributed by atoms with van der Waals surface area (Å²) in [6.07, 6.45) is 2.75. The summed E-state index contributed by atoms with van der Waals surface area (Å²) in [5.41, 5.74) is 2.36. The summed E-state index contributed by atoms with van der Waals surface area (Å²) in [6.45, 7) is 0.714. The van der Waals surface area contributed by atoms with E-state index in [-0.39, 0.29) is 41.4 Å². The van der Waals surface area contributed by atoms with Crippen LogP contribution in [0.25, 0.3) is 5.69 Å². The Morgan fingerprint density at radius 1 is 0.889 bits per heavy atom. The van der Waals surface area contributed by atoms with Gasteiger partial charge in [-0.15, -0.1) is 15.0 Å². The predicted molar refractivity (Wildman–Crippen MR) is 130 cm³/mol. The third-order valence-electron chi connectivity index (χ3n) is 6.00. The van der Waals surface area contributed by atoms with Gasteiger partial charge in [-0.3, -0.25) is 14.3 Å². The van der Waals surface area contributed by atoms with Gasteiger partial charge >= 0.3 is 18.0 Å². The van der Waals surface area contributed by atoms with Crippen LogP contribution in [-0.2, 0) is 19.4 Å². The van der Waals surface area contributed by atoms with Crippen molar-refractivity contribution in [1.29, 1.82) is 0 Å². The quantitative estimate of drug-likeness (QED) is 0.348. The van der Waals surface area contributed by atoms with Gasteiger partial charge in [0.15, 0.2) is 5.78 Å². The van der Waals surface area contributed by atoms with Crippen LogP contribution in [-0.4, -0.2) is 44.3 Å². The van der Waals surface area contributed by atoms with E-state index in [0.29, 0.717) is 18.7 Å². The fourth-order valence-corrected chi connectivity index (χ4v) is 4.34. The van der Waals surface area contributed by atoms with E-state index in [0.717, 1.165) is 29.8 Å². The number of methoxy groups -OCH3 is 2. The van der Waals surface area contributed by atoms with E-state index in [1.807, 2.05) is 35.0 Å². The summed E-state index contributed by atoms with van der Waals surface area (Å²) in [4.78, 5) is 38.8. The number of carbonyl (C=O) groups excluding carboxylic acids is 1. The maximum atomic E-state index is 13.4. The van der Waals surface area contributed by atoms with Crippen LogP contribution in [0.2, 0.25) is 0 Å². The second-order valence-electron chi connectivity index (χ2n) is 8.29. The molecule has 184 valence electrons. The molecule has 3 heterocycles. The molecule has 0 saturated carbocycles. The smallest absolute Gasteiger partial charge is 0.331 e. The van der Waals surface area contributed by atoms with E-state index < -0.39 is 0 Å². The van der Waals surface area contributed by atoms with Gasteiger partial charge in [-0.25, -0.2) is 4.68 Å². The zero-order valence-electron chi connectivity index (χ0n) is 20.0. The van der Waals surface area contributed by atoms with Crippen LogP contribution in [0.1, 0.15) is 34.5 Å². The molecule has 0 aliphatic carbocycles. The van der Waals surface area contributed by atoms with Crippen LogP contribution in [0.5, 0.6) is 23.8 Å². The number of Topliss-reactive ketones (excluding diaryl/α,β-unsaturated/α-hetero) is 1. The Balaban J connectivity index is 1.37. The van der Waals surface area contributed by atoms with Crippen molar-refractivity contribution >= 4 is 5.78 Å². The molecule has 10 heteroatoms. The van der Waals surface area contributed by atoms with Gasteiger partial charge in [0.1, 0.15) is 11.3 Å². The summed E-state index contributed by atoms with van der Waals surface area (Å²) in [5, 5.41) is 0. The molecule has 0 amide bonds. The Kier molecular flexibility index (Phi) is 6.48. The Hall–Kier alpha value is -4.47. The number of rotatable bonds is 8. The second kappa shape index (κ2) is 10.0. The molecule has 4 aromatic rings. The highest BCUT2D eigenvalue weighted by Crippen LogP contribution is 2.24. The fourth-order valence-electron chi connectivity index (χ4n) is 4.34. The highest BCUT2D eigenvalue weighted by Gasteiger charge is 2.27. The molecule has 0 saturated heterocycles. The first-order valence-corrected chi connectivity index (χ1v) is 11.6. The Morgan fingerprint density at radius 3 is 2.22 bits per heavy atom. The standard InChI is InChI=1S/C26H25N5O5/c1-34-24-27-25(35-2)29-26(28-24)36-19-13-11-17(12-14-19)16-21(32)22-20-10-6-7-15-30(20)31(23(22)33)18-8-4-3-5-9-18/h3-5,8-9,11-14H,6-7,10,15-16H2,1-2H3. The van der Waals surface area contributed by atoms with Crippen LogP contribution < -0.4 is 19.8 Å². The molecule has 0 unspecified atom stereocenters. The summed E-state index contributed by atoms with van der Waals surface area (Å²) >= 11 is 0. The second-order valence-corrected chi connectivity index (χ2v) is 8.29. The molecule has 2 aromatic carbocycles. The topological polar surface area (TPSA) is 110 Å².